The molecule has 0 N–H and O–H groups in total. The molecule has 0 saturated heterocycles. The molecule has 0 radical (unpaired) electrons. The van der Waals surface area contributed by atoms with Crippen molar-refractivity contribution in [1.29, 1.82) is 0 Å². The van der Waals surface area contributed by atoms with Gasteiger partial charge in [-0.15, -0.1) is 0 Å². The van der Waals surface area contributed by atoms with E-state index in [0.717, 1.165) is 57.8 Å². The van der Waals surface area contributed by atoms with E-state index in [1.807, 2.05) is 6.08 Å². The number of unbranched alkanes of at least 4 members (excludes halogenated alkanes) is 30. The zero-order valence-electron chi connectivity index (χ0n) is 41.1. The van der Waals surface area contributed by atoms with E-state index in [4.69, 9.17) is 14.2 Å². The largest absolute Gasteiger partial charge is 0.462 e. The van der Waals surface area contributed by atoms with Gasteiger partial charge in [-0.3, -0.25) is 14.4 Å². The lowest BCUT2D eigenvalue weighted by Gasteiger charge is -2.18. The zero-order chi connectivity index (χ0) is 45.1. The molecule has 6 nitrogen and oxygen atoms in total. The van der Waals surface area contributed by atoms with Crippen molar-refractivity contribution in [2.24, 2.45) is 0 Å². The van der Waals surface area contributed by atoms with E-state index in [9.17, 15) is 14.4 Å². The van der Waals surface area contributed by atoms with Crippen LogP contribution >= 0.6 is 0 Å². The minimum atomic E-state index is -0.806. The van der Waals surface area contributed by atoms with Crippen molar-refractivity contribution in [3.05, 3.63) is 48.6 Å². The average molecular weight is 869 g/mol. The van der Waals surface area contributed by atoms with E-state index >= 15 is 0 Å². The first-order chi connectivity index (χ1) is 30.5. The summed E-state index contributed by atoms with van der Waals surface area (Å²) in [5.74, 6) is -1.02. The average Bonchev–Trinajstić information content (AvgIpc) is 3.27. The third-order valence-corrected chi connectivity index (χ3v) is 11.6. The van der Waals surface area contributed by atoms with Gasteiger partial charge in [0, 0.05) is 12.8 Å². The minimum absolute atomic E-state index is 0.0997. The molecule has 0 amide bonds. The molecule has 360 valence electrons. The summed E-state index contributed by atoms with van der Waals surface area (Å²) < 4.78 is 16.7. The molecule has 0 bridgehead atoms. The van der Waals surface area contributed by atoms with Crippen LogP contribution in [0.1, 0.15) is 271 Å². The van der Waals surface area contributed by atoms with E-state index in [-0.39, 0.29) is 31.6 Å². The van der Waals surface area contributed by atoms with Crippen LogP contribution in [0.2, 0.25) is 0 Å². The predicted octanol–water partition coefficient (Wildman–Crippen LogP) is 17.5. The molecule has 0 saturated carbocycles. The summed E-state index contributed by atoms with van der Waals surface area (Å²) >= 11 is 0. The van der Waals surface area contributed by atoms with Crippen molar-refractivity contribution >= 4 is 17.9 Å². The van der Waals surface area contributed by atoms with Crippen LogP contribution in [-0.2, 0) is 28.6 Å². The molecule has 1 unspecified atom stereocenters. The first-order valence-electron chi connectivity index (χ1n) is 26.6. The first-order valence-corrected chi connectivity index (χ1v) is 26.6. The summed E-state index contributed by atoms with van der Waals surface area (Å²) in [5, 5.41) is 0. The topological polar surface area (TPSA) is 78.9 Å². The summed E-state index contributed by atoms with van der Waals surface area (Å²) in [7, 11) is 0. The molecule has 6 heteroatoms. The summed E-state index contributed by atoms with van der Waals surface area (Å²) in [6.45, 7) is 6.45. The molecule has 0 aromatic heterocycles. The fourth-order valence-electron chi connectivity index (χ4n) is 7.62. The number of allylic oxidation sites excluding steroid dienone is 7. The molecule has 0 heterocycles. The Hall–Kier alpha value is -2.63. The van der Waals surface area contributed by atoms with Crippen molar-refractivity contribution in [3.8, 4) is 0 Å². The molecule has 0 aliphatic rings. The predicted molar refractivity (Wildman–Crippen MR) is 265 cm³/mol. The molecular formula is C56H100O6. The van der Waals surface area contributed by atoms with Gasteiger partial charge >= 0.3 is 17.9 Å². The molecule has 0 aromatic rings. The van der Waals surface area contributed by atoms with Gasteiger partial charge in [-0.2, -0.15) is 0 Å². The number of hydrogen-bond donors (Lipinski definition) is 0. The number of rotatable bonds is 48. The van der Waals surface area contributed by atoms with Crippen molar-refractivity contribution in [1.82, 2.24) is 0 Å². The maximum atomic E-state index is 12.8. The summed E-state index contributed by atoms with van der Waals surface area (Å²) in [6, 6.07) is 0. The fourth-order valence-corrected chi connectivity index (χ4v) is 7.62. The smallest absolute Gasteiger partial charge is 0.309 e. The molecule has 0 spiro atoms. The van der Waals surface area contributed by atoms with Gasteiger partial charge in [-0.1, -0.05) is 243 Å². The normalized spacial score (nSPS) is 12.4. The van der Waals surface area contributed by atoms with Crippen molar-refractivity contribution in [2.75, 3.05) is 13.2 Å². The highest BCUT2D eigenvalue weighted by Crippen LogP contribution is 2.16. The van der Waals surface area contributed by atoms with Crippen molar-refractivity contribution in [2.45, 2.75) is 277 Å². The lowest BCUT2D eigenvalue weighted by Crippen LogP contribution is -2.30. The quantitative estimate of drug-likeness (QED) is 0.0262. The van der Waals surface area contributed by atoms with Crippen molar-refractivity contribution < 1.29 is 28.6 Å². The van der Waals surface area contributed by atoms with Gasteiger partial charge in [0.15, 0.2) is 6.10 Å². The molecule has 0 aromatic carbocycles. The number of ether oxygens (including phenoxy) is 3. The highest BCUT2D eigenvalue weighted by atomic mass is 16.6. The Bertz CT molecular complexity index is 1090. The van der Waals surface area contributed by atoms with Crippen LogP contribution in [0, 0.1) is 0 Å². The maximum Gasteiger partial charge on any atom is 0.309 e. The van der Waals surface area contributed by atoms with Crippen LogP contribution in [0.25, 0.3) is 0 Å². The number of esters is 3. The molecule has 0 fully saturated rings. The fraction of sp³-hybridized carbons (Fsp3) is 0.804. The Morgan fingerprint density at radius 1 is 0.355 bits per heavy atom. The van der Waals surface area contributed by atoms with Gasteiger partial charge < -0.3 is 14.2 Å². The summed E-state index contributed by atoms with van der Waals surface area (Å²) in [4.78, 5) is 37.8. The van der Waals surface area contributed by atoms with E-state index in [0.29, 0.717) is 12.8 Å². The Balaban J connectivity index is 4.31. The molecule has 62 heavy (non-hydrogen) atoms. The maximum absolute atomic E-state index is 12.8. The van der Waals surface area contributed by atoms with Gasteiger partial charge in [0.05, 0.1) is 6.42 Å². The van der Waals surface area contributed by atoms with Crippen molar-refractivity contribution in [3.63, 3.8) is 0 Å². The highest BCUT2D eigenvalue weighted by Gasteiger charge is 2.19. The second-order valence-corrected chi connectivity index (χ2v) is 17.8. The van der Waals surface area contributed by atoms with Gasteiger partial charge in [0.2, 0.25) is 0 Å². The van der Waals surface area contributed by atoms with Gasteiger partial charge in [0.1, 0.15) is 13.2 Å². The summed E-state index contributed by atoms with van der Waals surface area (Å²) in [5.41, 5.74) is 0. The Morgan fingerprint density at radius 2 is 0.694 bits per heavy atom. The van der Waals surface area contributed by atoms with E-state index in [1.165, 1.54) is 173 Å². The molecule has 0 rings (SSSR count). The standard InChI is InChI=1S/C56H100O6/c1-4-7-10-13-16-19-21-23-25-27-28-29-31-32-34-37-40-43-46-49-55(58)61-52-53(51-60-54(57)48-45-42-39-36-18-15-12-9-6-3)62-56(59)50-47-44-41-38-35-33-30-26-24-22-20-17-14-11-8-5-2/h9,12,18,27-28,36,42,45,53H,4-8,10-11,13-17,19-26,29-35,37-41,43-44,46-52H2,1-3H3/b12-9-,28-27-,36-18-,45-42-. The second-order valence-electron chi connectivity index (χ2n) is 17.8. The van der Waals surface area contributed by atoms with Crippen LogP contribution in [-0.4, -0.2) is 37.2 Å². The van der Waals surface area contributed by atoms with Gasteiger partial charge in [-0.05, 0) is 57.8 Å². The van der Waals surface area contributed by atoms with E-state index in [1.54, 1.807) is 6.08 Å². The number of hydrogen-bond acceptors (Lipinski definition) is 6. The zero-order valence-corrected chi connectivity index (χ0v) is 41.1. The molecular weight excluding hydrogens is 769 g/mol. The highest BCUT2D eigenvalue weighted by molar-refractivity contribution is 5.72. The molecule has 0 aliphatic heterocycles. The number of carbonyl (C=O) groups is 3. The number of carbonyl (C=O) groups excluding carboxylic acids is 3. The lowest BCUT2D eigenvalue weighted by atomic mass is 10.0. The minimum Gasteiger partial charge on any atom is -0.462 e. The first kappa shape index (κ1) is 59.4. The van der Waals surface area contributed by atoms with Crippen LogP contribution < -0.4 is 0 Å². The summed E-state index contributed by atoms with van der Waals surface area (Å²) in [6.07, 6.45) is 61.4. The van der Waals surface area contributed by atoms with Gasteiger partial charge in [0.25, 0.3) is 0 Å². The second kappa shape index (κ2) is 51.0. The molecule has 1 atom stereocenters. The SMILES string of the molecule is CC/C=C\C/C=C\C/C=C\CC(=O)OCC(COC(=O)CCCCCCCCC/C=C\CCCCCCCCCC)OC(=O)CCCCCCCCCCCCCCCCCC. The third kappa shape index (κ3) is 48.4. The molecule has 0 aliphatic carbocycles. The van der Waals surface area contributed by atoms with E-state index in [2.05, 4.69) is 57.2 Å². The van der Waals surface area contributed by atoms with Crippen LogP contribution in [0.4, 0.5) is 0 Å². The Kier molecular flexibility index (Phi) is 48.8. The Labute approximate surface area is 384 Å². The Morgan fingerprint density at radius 3 is 1.11 bits per heavy atom. The van der Waals surface area contributed by atoms with E-state index < -0.39 is 12.1 Å². The monoisotopic (exact) mass is 869 g/mol. The van der Waals surface area contributed by atoms with Crippen LogP contribution in [0.3, 0.4) is 0 Å². The van der Waals surface area contributed by atoms with Gasteiger partial charge in [-0.25, -0.2) is 0 Å². The van der Waals surface area contributed by atoms with Crippen LogP contribution in [0.15, 0.2) is 48.6 Å². The van der Waals surface area contributed by atoms with Crippen LogP contribution in [0.5, 0.6) is 0 Å². The third-order valence-electron chi connectivity index (χ3n) is 11.6. The lowest BCUT2D eigenvalue weighted by molar-refractivity contribution is -0.166.